The first kappa shape index (κ1) is 11.5. The van der Waals surface area contributed by atoms with Crippen LogP contribution in [0.3, 0.4) is 0 Å². The molecule has 1 aromatic carbocycles. The van der Waals surface area contributed by atoms with Crippen molar-refractivity contribution in [3.8, 4) is 0 Å². The Kier molecular flexibility index (Phi) is 3.28. The maximum Gasteiger partial charge on any atom is 0.170 e. The van der Waals surface area contributed by atoms with Crippen molar-refractivity contribution in [3.63, 3.8) is 0 Å². The highest BCUT2D eigenvalue weighted by Gasteiger charge is 2.19. The molecule has 0 heterocycles. The second kappa shape index (κ2) is 4.87. The highest BCUT2D eigenvalue weighted by atomic mass is 16.1. The summed E-state index contributed by atoms with van der Waals surface area (Å²) in [6, 6.07) is 7.52. The summed E-state index contributed by atoms with van der Waals surface area (Å²) in [7, 11) is 1.84. The molecule has 1 unspecified atom stereocenters. The van der Waals surface area contributed by atoms with Gasteiger partial charge in [0.05, 0.1) is 0 Å². The highest BCUT2D eigenvalue weighted by molar-refractivity contribution is 6.00. The summed E-state index contributed by atoms with van der Waals surface area (Å²) in [6.45, 7) is 0. The third-order valence-corrected chi connectivity index (χ3v) is 2.88. The Hall–Kier alpha value is -2.03. The zero-order valence-electron chi connectivity index (χ0n) is 9.81. The van der Waals surface area contributed by atoms with Gasteiger partial charge in [-0.25, -0.2) is 0 Å². The number of ketones is 1. The van der Waals surface area contributed by atoms with Crippen LogP contribution in [0.4, 0.5) is 5.69 Å². The number of carbonyl (C=O) groups is 1. The fourth-order valence-electron chi connectivity index (χ4n) is 1.93. The van der Waals surface area contributed by atoms with E-state index in [2.05, 4.69) is 5.32 Å². The van der Waals surface area contributed by atoms with Crippen molar-refractivity contribution < 1.29 is 4.79 Å². The first-order valence-electron chi connectivity index (χ1n) is 5.65. The van der Waals surface area contributed by atoms with Crippen molar-refractivity contribution in [2.24, 2.45) is 11.7 Å². The van der Waals surface area contributed by atoms with Crippen LogP contribution in [-0.4, -0.2) is 12.8 Å². The Morgan fingerprint density at radius 3 is 3.00 bits per heavy atom. The van der Waals surface area contributed by atoms with Gasteiger partial charge in [0.1, 0.15) is 0 Å². The molecule has 2 rings (SSSR count). The van der Waals surface area contributed by atoms with Gasteiger partial charge in [0, 0.05) is 36.3 Å². The summed E-state index contributed by atoms with van der Waals surface area (Å²) < 4.78 is 0. The van der Waals surface area contributed by atoms with Crippen molar-refractivity contribution >= 4 is 11.5 Å². The van der Waals surface area contributed by atoms with Crippen molar-refractivity contribution in [1.82, 2.24) is 0 Å². The van der Waals surface area contributed by atoms with Gasteiger partial charge in [-0.15, -0.1) is 0 Å². The SMILES string of the molecule is CNc1cccc(C(=O)C2C=CC=C(N)C2)c1. The second-order valence-electron chi connectivity index (χ2n) is 4.13. The Morgan fingerprint density at radius 1 is 1.47 bits per heavy atom. The molecule has 3 N–H and O–H groups in total. The van der Waals surface area contributed by atoms with Gasteiger partial charge in [0.25, 0.3) is 0 Å². The lowest BCUT2D eigenvalue weighted by Crippen LogP contribution is -2.17. The number of nitrogens with two attached hydrogens (primary N) is 1. The molecule has 0 aromatic heterocycles. The first-order valence-corrected chi connectivity index (χ1v) is 5.65. The minimum atomic E-state index is -0.132. The van der Waals surface area contributed by atoms with Crippen molar-refractivity contribution in [2.75, 3.05) is 12.4 Å². The average molecular weight is 228 g/mol. The number of hydrogen-bond donors (Lipinski definition) is 2. The summed E-state index contributed by atoms with van der Waals surface area (Å²) in [4.78, 5) is 12.3. The van der Waals surface area contributed by atoms with E-state index in [1.54, 1.807) is 0 Å². The van der Waals surface area contributed by atoms with E-state index in [-0.39, 0.29) is 11.7 Å². The smallest absolute Gasteiger partial charge is 0.170 e. The van der Waals surface area contributed by atoms with E-state index in [0.717, 1.165) is 16.9 Å². The molecule has 0 spiro atoms. The van der Waals surface area contributed by atoms with Crippen LogP contribution >= 0.6 is 0 Å². The number of nitrogens with one attached hydrogen (secondary N) is 1. The zero-order chi connectivity index (χ0) is 12.3. The molecule has 0 fully saturated rings. The molecule has 1 aliphatic rings. The molecule has 0 radical (unpaired) electrons. The summed E-state index contributed by atoms with van der Waals surface area (Å²) in [5.74, 6) is -0.0125. The number of allylic oxidation sites excluding steroid dienone is 4. The molecule has 3 nitrogen and oxygen atoms in total. The lowest BCUT2D eigenvalue weighted by Gasteiger charge is -2.15. The fraction of sp³-hybridized carbons (Fsp3) is 0.214. The van der Waals surface area contributed by atoms with Crippen LogP contribution < -0.4 is 11.1 Å². The number of Topliss-reactive ketones (excluding diaryl/α,β-unsaturated/α-hetero) is 1. The lowest BCUT2D eigenvalue weighted by molar-refractivity contribution is 0.0944. The third kappa shape index (κ3) is 2.56. The van der Waals surface area contributed by atoms with E-state index in [1.165, 1.54) is 0 Å². The van der Waals surface area contributed by atoms with Crippen molar-refractivity contribution in [2.45, 2.75) is 6.42 Å². The summed E-state index contributed by atoms with van der Waals surface area (Å²) >= 11 is 0. The van der Waals surface area contributed by atoms with Gasteiger partial charge in [0.15, 0.2) is 5.78 Å². The third-order valence-electron chi connectivity index (χ3n) is 2.88. The monoisotopic (exact) mass is 228 g/mol. The summed E-state index contributed by atoms with van der Waals surface area (Å²) in [5.41, 5.74) is 8.17. The first-order chi connectivity index (χ1) is 8.20. The average Bonchev–Trinajstić information content (AvgIpc) is 2.38. The molecule has 0 aliphatic heterocycles. The fourth-order valence-corrected chi connectivity index (χ4v) is 1.93. The maximum absolute atomic E-state index is 12.3. The number of rotatable bonds is 3. The Labute approximate surface area is 101 Å². The van der Waals surface area contributed by atoms with E-state index in [1.807, 2.05) is 49.5 Å². The van der Waals surface area contributed by atoms with Gasteiger partial charge >= 0.3 is 0 Å². The van der Waals surface area contributed by atoms with Gasteiger partial charge < -0.3 is 11.1 Å². The number of benzene rings is 1. The predicted octanol–water partition coefficient (Wildman–Crippen LogP) is 2.33. The standard InChI is InChI=1S/C14H16N2O/c1-16-13-7-3-5-11(9-13)14(17)10-4-2-6-12(15)8-10/h2-7,9-10,16H,8,15H2,1H3. The van der Waals surface area contributed by atoms with Crippen LogP contribution in [0.15, 0.2) is 48.2 Å². The van der Waals surface area contributed by atoms with Gasteiger partial charge in [-0.1, -0.05) is 24.3 Å². The summed E-state index contributed by atoms with van der Waals surface area (Å²) in [6.07, 6.45) is 6.21. The van der Waals surface area contributed by atoms with Gasteiger partial charge in [-0.2, -0.15) is 0 Å². The number of carbonyl (C=O) groups excluding carboxylic acids is 1. The molecular formula is C14H16N2O. The van der Waals surface area contributed by atoms with Gasteiger partial charge in [0.2, 0.25) is 0 Å². The molecule has 0 saturated heterocycles. The van der Waals surface area contributed by atoms with Crippen LogP contribution in [0, 0.1) is 5.92 Å². The Balaban J connectivity index is 2.20. The van der Waals surface area contributed by atoms with E-state index in [0.29, 0.717) is 6.42 Å². The Bertz CT molecular complexity index is 489. The largest absolute Gasteiger partial charge is 0.402 e. The molecule has 3 heteroatoms. The lowest BCUT2D eigenvalue weighted by atomic mass is 9.90. The van der Waals surface area contributed by atoms with Crippen LogP contribution in [0.5, 0.6) is 0 Å². The van der Waals surface area contributed by atoms with Crippen molar-refractivity contribution in [3.05, 3.63) is 53.8 Å². The molecule has 1 aliphatic carbocycles. The van der Waals surface area contributed by atoms with Crippen LogP contribution in [0.2, 0.25) is 0 Å². The molecule has 0 bridgehead atoms. The molecular weight excluding hydrogens is 212 g/mol. The maximum atomic E-state index is 12.3. The van der Waals surface area contributed by atoms with Crippen LogP contribution in [0.25, 0.3) is 0 Å². The Morgan fingerprint density at radius 2 is 2.29 bits per heavy atom. The number of anilines is 1. The quantitative estimate of drug-likeness (QED) is 0.781. The van der Waals surface area contributed by atoms with Gasteiger partial charge in [-0.3, -0.25) is 4.79 Å². The molecule has 1 aromatic rings. The summed E-state index contributed by atoms with van der Waals surface area (Å²) in [5, 5.41) is 3.03. The van der Waals surface area contributed by atoms with E-state index >= 15 is 0 Å². The molecule has 1 atom stereocenters. The normalized spacial score (nSPS) is 18.6. The zero-order valence-corrected chi connectivity index (χ0v) is 9.81. The minimum absolute atomic E-state index is 0.120. The van der Waals surface area contributed by atoms with E-state index in [4.69, 9.17) is 5.73 Å². The van der Waals surface area contributed by atoms with Crippen molar-refractivity contribution in [1.29, 1.82) is 0 Å². The van der Waals surface area contributed by atoms with Crippen LogP contribution in [-0.2, 0) is 0 Å². The van der Waals surface area contributed by atoms with Crippen LogP contribution in [0.1, 0.15) is 16.8 Å². The highest BCUT2D eigenvalue weighted by Crippen LogP contribution is 2.21. The number of hydrogen-bond acceptors (Lipinski definition) is 3. The second-order valence-corrected chi connectivity index (χ2v) is 4.13. The van der Waals surface area contributed by atoms with E-state index < -0.39 is 0 Å². The predicted molar refractivity (Wildman–Crippen MR) is 69.8 cm³/mol. The molecule has 0 saturated carbocycles. The minimum Gasteiger partial charge on any atom is -0.402 e. The topological polar surface area (TPSA) is 55.1 Å². The molecule has 17 heavy (non-hydrogen) atoms. The van der Waals surface area contributed by atoms with Gasteiger partial charge in [-0.05, 0) is 18.2 Å². The molecule has 88 valence electrons. The molecule has 0 amide bonds. The van der Waals surface area contributed by atoms with E-state index in [9.17, 15) is 4.79 Å².